The van der Waals surface area contributed by atoms with Crippen LogP contribution in [0.25, 0.3) is 9.88 Å². The molecular weight excluding hydrogens is 336 g/mol. The highest BCUT2D eigenvalue weighted by Crippen LogP contribution is 2.27. The molecule has 0 aliphatic rings. The molecular formula is C15H12N2O4S2. The van der Waals surface area contributed by atoms with Crippen molar-refractivity contribution in [2.45, 2.75) is 6.54 Å². The Labute approximate surface area is 139 Å². The SMILES string of the molecule is O=C(COC(=O)c1csc(-c2cccs2)n1)NCc1ccco1. The Morgan fingerprint density at radius 2 is 2.17 bits per heavy atom. The molecule has 1 N–H and O–H groups in total. The van der Waals surface area contributed by atoms with Crippen molar-refractivity contribution >= 4 is 34.6 Å². The highest BCUT2D eigenvalue weighted by Gasteiger charge is 2.15. The quantitative estimate of drug-likeness (QED) is 0.693. The molecule has 0 atom stereocenters. The number of nitrogens with one attached hydrogen (secondary N) is 1. The lowest BCUT2D eigenvalue weighted by Gasteiger charge is -2.04. The molecule has 3 aromatic rings. The zero-order valence-electron chi connectivity index (χ0n) is 11.9. The van der Waals surface area contributed by atoms with E-state index in [-0.39, 0.29) is 18.8 Å². The number of nitrogens with zero attached hydrogens (tertiary/aromatic N) is 1. The summed E-state index contributed by atoms with van der Waals surface area (Å²) in [7, 11) is 0. The number of ether oxygens (including phenoxy) is 1. The minimum atomic E-state index is -0.614. The van der Waals surface area contributed by atoms with E-state index in [1.807, 2.05) is 17.5 Å². The second-order valence-electron chi connectivity index (χ2n) is 4.45. The summed E-state index contributed by atoms with van der Waals surface area (Å²) in [4.78, 5) is 28.7. The highest BCUT2D eigenvalue weighted by molar-refractivity contribution is 7.20. The van der Waals surface area contributed by atoms with Crippen molar-refractivity contribution in [3.8, 4) is 9.88 Å². The van der Waals surface area contributed by atoms with Gasteiger partial charge < -0.3 is 14.5 Å². The number of aromatic nitrogens is 1. The third-order valence-electron chi connectivity index (χ3n) is 2.82. The lowest BCUT2D eigenvalue weighted by molar-refractivity contribution is -0.124. The van der Waals surface area contributed by atoms with E-state index in [9.17, 15) is 9.59 Å². The van der Waals surface area contributed by atoms with Crippen molar-refractivity contribution in [2.24, 2.45) is 0 Å². The minimum Gasteiger partial charge on any atom is -0.467 e. The molecule has 0 saturated heterocycles. The molecule has 0 aliphatic carbocycles. The van der Waals surface area contributed by atoms with Crippen LogP contribution < -0.4 is 5.32 Å². The molecule has 23 heavy (non-hydrogen) atoms. The molecule has 3 rings (SSSR count). The Morgan fingerprint density at radius 1 is 1.26 bits per heavy atom. The van der Waals surface area contributed by atoms with Crippen LogP contribution in [0.1, 0.15) is 16.2 Å². The number of thiazole rings is 1. The number of thiophene rings is 1. The van der Waals surface area contributed by atoms with Gasteiger partial charge in [-0.25, -0.2) is 9.78 Å². The number of carbonyl (C=O) groups excluding carboxylic acids is 2. The molecule has 0 aliphatic heterocycles. The topological polar surface area (TPSA) is 81.4 Å². The standard InChI is InChI=1S/C15H12N2O4S2/c18-13(16-7-10-3-1-5-20-10)8-21-15(19)11-9-23-14(17-11)12-4-2-6-22-12/h1-6,9H,7-8H2,(H,16,18). The average Bonchev–Trinajstić information content (AvgIpc) is 3.31. The van der Waals surface area contributed by atoms with E-state index in [2.05, 4.69) is 10.3 Å². The molecule has 0 unspecified atom stereocenters. The summed E-state index contributed by atoms with van der Waals surface area (Å²) < 4.78 is 10.0. The zero-order chi connectivity index (χ0) is 16.1. The molecule has 8 heteroatoms. The van der Waals surface area contributed by atoms with Crippen LogP contribution in [0.2, 0.25) is 0 Å². The molecule has 0 radical (unpaired) electrons. The molecule has 0 aromatic carbocycles. The number of hydrogen-bond acceptors (Lipinski definition) is 7. The first-order valence-corrected chi connectivity index (χ1v) is 8.44. The van der Waals surface area contributed by atoms with Crippen LogP contribution in [0.5, 0.6) is 0 Å². The summed E-state index contributed by atoms with van der Waals surface area (Å²) in [6.07, 6.45) is 1.52. The minimum absolute atomic E-state index is 0.206. The molecule has 3 aromatic heterocycles. The largest absolute Gasteiger partial charge is 0.467 e. The predicted molar refractivity (Wildman–Crippen MR) is 86.3 cm³/mol. The second kappa shape index (κ2) is 7.21. The van der Waals surface area contributed by atoms with Crippen LogP contribution in [-0.2, 0) is 16.1 Å². The maximum atomic E-state index is 11.9. The van der Waals surface area contributed by atoms with Gasteiger partial charge in [0.15, 0.2) is 12.3 Å². The Bertz CT molecular complexity index is 778. The first-order valence-electron chi connectivity index (χ1n) is 6.68. The molecule has 3 heterocycles. The fourth-order valence-corrected chi connectivity index (χ4v) is 3.34. The fraction of sp³-hybridized carbons (Fsp3) is 0.133. The van der Waals surface area contributed by atoms with Crippen molar-refractivity contribution in [3.63, 3.8) is 0 Å². The summed E-state index contributed by atoms with van der Waals surface area (Å²) in [5.74, 6) is -0.384. The monoisotopic (exact) mass is 348 g/mol. The molecule has 0 bridgehead atoms. The number of furan rings is 1. The van der Waals surface area contributed by atoms with Gasteiger partial charge in [0, 0.05) is 5.38 Å². The highest BCUT2D eigenvalue weighted by atomic mass is 32.1. The van der Waals surface area contributed by atoms with Gasteiger partial charge in [-0.2, -0.15) is 0 Å². The van der Waals surface area contributed by atoms with Gasteiger partial charge in [-0.05, 0) is 23.6 Å². The van der Waals surface area contributed by atoms with E-state index in [1.165, 1.54) is 17.6 Å². The Balaban J connectivity index is 1.48. The molecule has 0 saturated carbocycles. The van der Waals surface area contributed by atoms with Crippen molar-refractivity contribution in [1.29, 1.82) is 0 Å². The van der Waals surface area contributed by atoms with Crippen molar-refractivity contribution in [2.75, 3.05) is 6.61 Å². The maximum absolute atomic E-state index is 11.9. The molecule has 6 nitrogen and oxygen atoms in total. The predicted octanol–water partition coefficient (Wildman–Crippen LogP) is 2.94. The van der Waals surface area contributed by atoms with Gasteiger partial charge in [-0.15, -0.1) is 22.7 Å². The van der Waals surface area contributed by atoms with Gasteiger partial charge in [0.2, 0.25) is 0 Å². The molecule has 0 fully saturated rings. The summed E-state index contributed by atoms with van der Waals surface area (Å²) in [6.45, 7) is -0.103. The van der Waals surface area contributed by atoms with Gasteiger partial charge in [0.25, 0.3) is 5.91 Å². The van der Waals surface area contributed by atoms with Crippen LogP contribution >= 0.6 is 22.7 Å². The molecule has 0 spiro atoms. The van der Waals surface area contributed by atoms with E-state index >= 15 is 0 Å². The summed E-state index contributed by atoms with van der Waals surface area (Å²) >= 11 is 2.91. The molecule has 118 valence electrons. The van der Waals surface area contributed by atoms with Crippen molar-refractivity contribution in [3.05, 3.63) is 52.7 Å². The summed E-state index contributed by atoms with van der Waals surface area (Å²) in [5, 5.41) is 6.92. The second-order valence-corrected chi connectivity index (χ2v) is 6.25. The van der Waals surface area contributed by atoms with Gasteiger partial charge in [-0.3, -0.25) is 4.79 Å². The Hall–Kier alpha value is -2.45. The van der Waals surface area contributed by atoms with E-state index in [4.69, 9.17) is 9.15 Å². The first kappa shape index (κ1) is 15.4. The smallest absolute Gasteiger partial charge is 0.358 e. The number of amides is 1. The van der Waals surface area contributed by atoms with Gasteiger partial charge in [-0.1, -0.05) is 6.07 Å². The zero-order valence-corrected chi connectivity index (χ0v) is 13.5. The van der Waals surface area contributed by atoms with Crippen molar-refractivity contribution < 1.29 is 18.7 Å². The van der Waals surface area contributed by atoms with E-state index in [0.29, 0.717) is 5.76 Å². The number of carbonyl (C=O) groups is 2. The number of rotatable bonds is 6. The number of hydrogen-bond donors (Lipinski definition) is 1. The van der Waals surface area contributed by atoms with Gasteiger partial charge in [0.1, 0.15) is 10.8 Å². The molecule has 1 amide bonds. The third kappa shape index (κ3) is 4.05. The van der Waals surface area contributed by atoms with Crippen LogP contribution in [0.15, 0.2) is 45.7 Å². The number of esters is 1. The van der Waals surface area contributed by atoms with E-state index in [0.717, 1.165) is 9.88 Å². The van der Waals surface area contributed by atoms with Gasteiger partial charge >= 0.3 is 5.97 Å². The first-order chi connectivity index (χ1) is 11.2. The van der Waals surface area contributed by atoms with Crippen LogP contribution in [0.3, 0.4) is 0 Å². The van der Waals surface area contributed by atoms with Gasteiger partial charge in [0.05, 0.1) is 17.7 Å². The van der Waals surface area contributed by atoms with Crippen LogP contribution in [0.4, 0.5) is 0 Å². The van der Waals surface area contributed by atoms with E-state index < -0.39 is 11.9 Å². The van der Waals surface area contributed by atoms with Crippen LogP contribution in [-0.4, -0.2) is 23.5 Å². The summed E-state index contributed by atoms with van der Waals surface area (Å²) in [5.41, 5.74) is 0.206. The van der Waals surface area contributed by atoms with Crippen molar-refractivity contribution in [1.82, 2.24) is 10.3 Å². The lowest BCUT2D eigenvalue weighted by atomic mass is 10.4. The average molecular weight is 348 g/mol. The normalized spacial score (nSPS) is 10.4. The Morgan fingerprint density at radius 3 is 2.91 bits per heavy atom. The fourth-order valence-electron chi connectivity index (χ4n) is 1.74. The lowest BCUT2D eigenvalue weighted by Crippen LogP contribution is -2.28. The van der Waals surface area contributed by atoms with E-state index in [1.54, 1.807) is 28.8 Å². The maximum Gasteiger partial charge on any atom is 0.358 e. The summed E-state index contributed by atoms with van der Waals surface area (Å²) in [6, 6.07) is 7.33. The Kier molecular flexibility index (Phi) is 4.84. The third-order valence-corrected chi connectivity index (χ3v) is 4.70. The van der Waals surface area contributed by atoms with Crippen LogP contribution in [0, 0.1) is 0 Å².